The zero-order valence-corrected chi connectivity index (χ0v) is 22.0. The molecule has 148 valence electrons. The molecule has 30 heavy (non-hydrogen) atoms. The quantitative estimate of drug-likeness (QED) is 0.332. The molecule has 3 aromatic rings. The molecule has 0 fully saturated rings. The molecule has 2 aliphatic carbocycles. The average molecular weight is 593 g/mol. The Balaban J connectivity index is 0.00000109. The van der Waals surface area contributed by atoms with Gasteiger partial charge >= 0.3 is 184 Å². The van der Waals surface area contributed by atoms with E-state index in [-0.39, 0.29) is 29.8 Å². The van der Waals surface area contributed by atoms with E-state index in [0.29, 0.717) is 3.63 Å². The summed E-state index contributed by atoms with van der Waals surface area (Å²) < 4.78 is 7.84. The molecular weight excluding hydrogens is 578 g/mol. The Morgan fingerprint density at radius 1 is 0.833 bits per heavy atom. The van der Waals surface area contributed by atoms with E-state index in [1.807, 2.05) is 0 Å². The van der Waals surface area contributed by atoms with Crippen LogP contribution >= 0.6 is 24.8 Å². The van der Waals surface area contributed by atoms with Gasteiger partial charge < -0.3 is 24.8 Å². The van der Waals surface area contributed by atoms with Crippen LogP contribution in [0.25, 0.3) is 23.0 Å². The van der Waals surface area contributed by atoms with E-state index in [1.54, 1.807) is 0 Å². The number of halogens is 3. The second-order valence-electron chi connectivity index (χ2n) is 7.31. The monoisotopic (exact) mass is 590 g/mol. The molecule has 0 aromatic heterocycles. The Kier molecular flexibility index (Phi) is 6.37. The molecule has 0 N–H and O–H groups in total. The van der Waals surface area contributed by atoms with Crippen LogP contribution in [-0.2, 0) is 24.4 Å². The predicted molar refractivity (Wildman–Crippen MR) is 116 cm³/mol. The normalized spacial score (nSPS) is 17.0. The van der Waals surface area contributed by atoms with Crippen molar-refractivity contribution in [2.75, 3.05) is 0 Å². The Bertz CT molecular complexity index is 1310. The molecule has 0 spiro atoms. The van der Waals surface area contributed by atoms with Gasteiger partial charge in [-0.15, -0.1) is 0 Å². The van der Waals surface area contributed by atoms with Crippen molar-refractivity contribution < 1.29 is 49.3 Å². The molecule has 1 unspecified atom stereocenters. The van der Waals surface area contributed by atoms with Crippen LogP contribution in [0.15, 0.2) is 78.4 Å². The first-order chi connectivity index (χ1) is 13.7. The average Bonchev–Trinajstić information content (AvgIpc) is 3.35. The summed E-state index contributed by atoms with van der Waals surface area (Å²) in [5.74, 6) is 1.01. The summed E-state index contributed by atoms with van der Waals surface area (Å²) in [7, 11) is 6.43. The molecule has 3 aliphatic rings. The van der Waals surface area contributed by atoms with E-state index in [4.69, 9.17) is 13.6 Å². The fourth-order valence-corrected chi connectivity index (χ4v) is 12.9. The third-order valence-corrected chi connectivity index (χ3v) is 14.1. The van der Waals surface area contributed by atoms with Crippen molar-refractivity contribution in [3.8, 4) is 11.1 Å². The van der Waals surface area contributed by atoms with E-state index in [2.05, 4.69) is 94.8 Å². The van der Waals surface area contributed by atoms with Gasteiger partial charge in [-0.25, -0.2) is 0 Å². The summed E-state index contributed by atoms with van der Waals surface area (Å²) in [4.78, 5) is 0. The summed E-state index contributed by atoms with van der Waals surface area (Å²) >= 11 is 1.07. The molecule has 0 saturated heterocycles. The van der Waals surface area contributed by atoms with Gasteiger partial charge in [-0.1, -0.05) is 0 Å². The Labute approximate surface area is 207 Å². The maximum atomic E-state index is 6.43. The number of benzene rings is 3. The molecule has 1 heterocycles. The summed E-state index contributed by atoms with van der Waals surface area (Å²) in [6.07, 6.45) is 4.36. The van der Waals surface area contributed by atoms with Crippen LogP contribution in [0.1, 0.15) is 14.8 Å². The van der Waals surface area contributed by atoms with Crippen molar-refractivity contribution in [3.05, 3.63) is 99.9 Å². The van der Waals surface area contributed by atoms with Gasteiger partial charge in [-0.05, 0) is 0 Å². The number of hydrogen-bond donors (Lipinski definition) is 0. The van der Waals surface area contributed by atoms with Crippen molar-refractivity contribution in [1.29, 1.82) is 0 Å². The van der Waals surface area contributed by atoms with Crippen molar-refractivity contribution in [2.45, 2.75) is 8.64 Å². The SMILES string of the molecule is [Cl-].[Cl-].[S]=[Zr+2]([c]1cccc2c1=C1OC(Br)C=C1C=2)[CH]1c2ccccc2-c2ccccc21. The molecule has 1 nitrogen and oxygen atoms in total. The number of ether oxygens (including phenoxy) is 1. The van der Waals surface area contributed by atoms with Crippen LogP contribution in [0.4, 0.5) is 0 Å². The molecule has 6 heteroatoms. The second-order valence-corrected chi connectivity index (χ2v) is 15.3. The standard InChI is InChI=1S/C13H9.C11H6BrO.2ClH.S.Zr/c1-3-7-12-10(5-1)9-11-6-2-4-8-13(11)12;12-10-6-8-5-7-3-1-2-4-9(7)11(8)13-10;;;;/h1-9H;1-3,5-6,10H;2*1H;;/q;;;;;+2/p-2. The molecule has 0 radical (unpaired) electrons. The van der Waals surface area contributed by atoms with Crippen LogP contribution < -0.4 is 38.5 Å². The molecule has 6 rings (SSSR count). The van der Waals surface area contributed by atoms with Crippen molar-refractivity contribution in [2.24, 2.45) is 0 Å². The number of rotatable bonds is 2. The summed E-state index contributed by atoms with van der Waals surface area (Å²) in [5, 5.41) is 2.46. The minimum atomic E-state index is -2.50. The van der Waals surface area contributed by atoms with Gasteiger partial charge in [0.05, 0.1) is 0 Å². The van der Waals surface area contributed by atoms with Gasteiger partial charge in [0.25, 0.3) is 0 Å². The predicted octanol–water partition coefficient (Wildman–Crippen LogP) is -1.60. The zero-order chi connectivity index (χ0) is 18.8. The van der Waals surface area contributed by atoms with Crippen LogP contribution in [-0.4, -0.2) is 5.01 Å². The molecule has 0 saturated carbocycles. The first kappa shape index (κ1) is 22.3. The molecule has 3 aromatic carbocycles. The van der Waals surface area contributed by atoms with Gasteiger partial charge in [0.15, 0.2) is 0 Å². The zero-order valence-electron chi connectivity index (χ0n) is 15.6. The summed E-state index contributed by atoms with van der Waals surface area (Å²) in [6, 6.07) is 24.2. The molecule has 1 atom stereocenters. The third kappa shape index (κ3) is 3.27. The van der Waals surface area contributed by atoms with Gasteiger partial charge in [-0.3, -0.25) is 0 Å². The van der Waals surface area contributed by atoms with Gasteiger partial charge in [-0.2, -0.15) is 0 Å². The van der Waals surface area contributed by atoms with E-state index >= 15 is 0 Å². The van der Waals surface area contributed by atoms with Crippen LogP contribution in [0, 0.1) is 0 Å². The minimum absolute atomic E-state index is 0. The van der Waals surface area contributed by atoms with Gasteiger partial charge in [0.2, 0.25) is 0 Å². The summed E-state index contributed by atoms with van der Waals surface area (Å²) in [5.41, 5.74) is 6.73. The van der Waals surface area contributed by atoms with Gasteiger partial charge in [0.1, 0.15) is 0 Å². The first-order valence-electron chi connectivity index (χ1n) is 9.33. The Morgan fingerprint density at radius 3 is 2.13 bits per heavy atom. The molecule has 1 aliphatic heterocycles. The summed E-state index contributed by atoms with van der Waals surface area (Å²) in [6.45, 7) is 0. The second kappa shape index (κ2) is 8.56. The number of hydrogen-bond acceptors (Lipinski definition) is 2. The Morgan fingerprint density at radius 2 is 1.47 bits per heavy atom. The number of alkyl halides is 1. The molecule has 0 bridgehead atoms. The van der Waals surface area contributed by atoms with E-state index < -0.39 is 19.7 Å². The van der Waals surface area contributed by atoms with Crippen molar-refractivity contribution in [3.63, 3.8) is 0 Å². The van der Waals surface area contributed by atoms with Crippen LogP contribution in [0.5, 0.6) is 0 Å². The fourth-order valence-electron chi connectivity index (χ4n) is 4.66. The topological polar surface area (TPSA) is 9.23 Å². The van der Waals surface area contributed by atoms with E-state index in [0.717, 1.165) is 5.76 Å². The van der Waals surface area contributed by atoms with E-state index in [1.165, 1.54) is 41.5 Å². The third-order valence-electron chi connectivity index (χ3n) is 5.80. The van der Waals surface area contributed by atoms with Crippen molar-refractivity contribution in [1.82, 2.24) is 0 Å². The molecule has 0 amide bonds. The Hall–Kier alpha value is -0.897. The van der Waals surface area contributed by atoms with Gasteiger partial charge in [0, 0.05) is 0 Å². The fraction of sp³-hybridized carbons (Fsp3) is 0.0833. The van der Waals surface area contributed by atoms with Crippen molar-refractivity contribution >= 4 is 39.9 Å². The molecular formula is C24H15BrCl2OSZr. The number of fused-ring (bicyclic) bond motifs is 5. The first-order valence-corrected chi connectivity index (χ1v) is 16.3. The maximum absolute atomic E-state index is 6.43. The van der Waals surface area contributed by atoms with E-state index in [9.17, 15) is 0 Å². The van der Waals surface area contributed by atoms with Crippen LogP contribution in [0.2, 0.25) is 0 Å². The van der Waals surface area contributed by atoms with Crippen LogP contribution in [0.3, 0.4) is 0 Å².